The first-order valence-electron chi connectivity index (χ1n) is 8.53. The number of hydrogen-bond acceptors (Lipinski definition) is 4. The number of likely N-dealkylation sites (N-methyl/N-ethyl adjacent to an activating group) is 2. The lowest BCUT2D eigenvalue weighted by Gasteiger charge is -2.43. The van der Waals surface area contributed by atoms with Gasteiger partial charge in [-0.2, -0.15) is 0 Å². The molecule has 1 aliphatic heterocycles. The molecule has 1 atom stereocenters. The van der Waals surface area contributed by atoms with Gasteiger partial charge in [0.2, 0.25) is 11.8 Å². The largest absolute Gasteiger partial charge is 0.497 e. The summed E-state index contributed by atoms with van der Waals surface area (Å²) in [5.41, 5.74) is 0.195. The molecule has 0 bridgehead atoms. The molecule has 2 amide bonds. The van der Waals surface area contributed by atoms with Crippen LogP contribution in [0.2, 0.25) is 0 Å². The van der Waals surface area contributed by atoms with Crippen LogP contribution >= 0.6 is 0 Å². The van der Waals surface area contributed by atoms with Crippen molar-refractivity contribution in [1.29, 1.82) is 0 Å². The lowest BCUT2D eigenvalue weighted by atomic mass is 9.82. The Bertz CT molecular complexity index is 625. The molecule has 1 aromatic rings. The molecule has 1 aliphatic rings. The number of rotatable bonds is 4. The fourth-order valence-electron chi connectivity index (χ4n) is 3.16. The van der Waals surface area contributed by atoms with Crippen molar-refractivity contribution in [3.63, 3.8) is 0 Å². The van der Waals surface area contributed by atoms with E-state index < -0.39 is 11.5 Å². The summed E-state index contributed by atoms with van der Waals surface area (Å²) in [4.78, 5) is 31.3. The summed E-state index contributed by atoms with van der Waals surface area (Å²) in [5.74, 6) is 0.698. The van der Waals surface area contributed by atoms with E-state index >= 15 is 0 Å². The number of hydrogen-bond donors (Lipinski definition) is 0. The van der Waals surface area contributed by atoms with Crippen molar-refractivity contribution in [2.24, 2.45) is 0 Å². The maximum atomic E-state index is 13.3. The molecule has 1 aromatic carbocycles. The average molecular weight is 347 g/mol. The van der Waals surface area contributed by atoms with Gasteiger partial charge in [0.1, 0.15) is 11.8 Å². The van der Waals surface area contributed by atoms with E-state index in [1.165, 1.54) is 0 Å². The van der Waals surface area contributed by atoms with E-state index in [1.807, 2.05) is 45.2 Å². The van der Waals surface area contributed by atoms with Crippen molar-refractivity contribution in [3.8, 4) is 5.75 Å². The molecular formula is C19H29N3O3. The van der Waals surface area contributed by atoms with Gasteiger partial charge >= 0.3 is 0 Å². The first-order chi connectivity index (χ1) is 11.7. The predicted octanol–water partition coefficient (Wildman–Crippen LogP) is 1.20. The van der Waals surface area contributed by atoms with E-state index in [4.69, 9.17) is 4.74 Å². The van der Waals surface area contributed by atoms with Gasteiger partial charge in [0.05, 0.1) is 12.5 Å². The van der Waals surface area contributed by atoms with Crippen molar-refractivity contribution in [2.45, 2.75) is 25.3 Å². The van der Waals surface area contributed by atoms with E-state index in [9.17, 15) is 9.59 Å². The average Bonchev–Trinajstić information content (AvgIpc) is 2.60. The smallest absolute Gasteiger partial charge is 0.246 e. The van der Waals surface area contributed by atoms with E-state index in [0.717, 1.165) is 17.9 Å². The number of ether oxygens (including phenoxy) is 1. The van der Waals surface area contributed by atoms with Gasteiger partial charge in [-0.15, -0.1) is 0 Å². The van der Waals surface area contributed by atoms with E-state index in [0.29, 0.717) is 13.1 Å². The fraction of sp³-hybridized carbons (Fsp3) is 0.579. The van der Waals surface area contributed by atoms with Crippen molar-refractivity contribution < 1.29 is 14.3 Å². The third-order valence-corrected chi connectivity index (χ3v) is 4.92. The molecule has 25 heavy (non-hydrogen) atoms. The monoisotopic (exact) mass is 347 g/mol. The Hall–Kier alpha value is -2.08. The Kier molecular flexibility index (Phi) is 5.72. The van der Waals surface area contributed by atoms with Crippen molar-refractivity contribution in [3.05, 3.63) is 29.8 Å². The van der Waals surface area contributed by atoms with Crippen LogP contribution in [0.4, 0.5) is 0 Å². The second-order valence-electron chi connectivity index (χ2n) is 7.36. The SMILES string of the molecule is COc1ccc(C(C)(C)C(=O)N2CCN(C)CC2C(=O)N(C)C)cc1. The quantitative estimate of drug-likeness (QED) is 0.821. The lowest BCUT2D eigenvalue weighted by Crippen LogP contribution is -2.62. The van der Waals surface area contributed by atoms with Crippen LogP contribution in [0.1, 0.15) is 19.4 Å². The molecule has 2 rings (SSSR count). The predicted molar refractivity (Wildman–Crippen MR) is 97.7 cm³/mol. The second kappa shape index (κ2) is 7.44. The minimum atomic E-state index is -0.715. The van der Waals surface area contributed by atoms with Crippen LogP contribution in [0.15, 0.2) is 24.3 Å². The molecule has 1 unspecified atom stereocenters. The third kappa shape index (κ3) is 3.95. The highest BCUT2D eigenvalue weighted by molar-refractivity contribution is 5.93. The Morgan fingerprint density at radius 1 is 1.16 bits per heavy atom. The summed E-state index contributed by atoms with van der Waals surface area (Å²) in [6.07, 6.45) is 0. The zero-order valence-electron chi connectivity index (χ0n) is 16.1. The molecule has 0 spiro atoms. The van der Waals surface area contributed by atoms with Gasteiger partial charge in [0.25, 0.3) is 0 Å². The van der Waals surface area contributed by atoms with Crippen LogP contribution in [-0.2, 0) is 15.0 Å². The summed E-state index contributed by atoms with van der Waals surface area (Å²) in [6, 6.07) is 7.09. The topological polar surface area (TPSA) is 53.1 Å². The molecule has 1 saturated heterocycles. The molecule has 0 N–H and O–H groups in total. The Morgan fingerprint density at radius 2 is 1.76 bits per heavy atom. The van der Waals surface area contributed by atoms with Crippen LogP contribution in [0.5, 0.6) is 5.75 Å². The highest BCUT2D eigenvalue weighted by Gasteiger charge is 2.41. The molecule has 6 nitrogen and oxygen atoms in total. The number of carbonyl (C=O) groups is 2. The standard InChI is InChI=1S/C19H29N3O3/c1-19(2,14-7-9-15(25-6)10-8-14)18(24)22-12-11-21(5)13-16(22)17(23)20(3)4/h7-10,16H,11-13H2,1-6H3. The van der Waals surface area contributed by atoms with Crippen molar-refractivity contribution >= 4 is 11.8 Å². The maximum Gasteiger partial charge on any atom is 0.246 e. The Labute approximate surface area is 150 Å². The number of benzene rings is 1. The third-order valence-electron chi connectivity index (χ3n) is 4.92. The number of piperazine rings is 1. The number of carbonyl (C=O) groups excluding carboxylic acids is 2. The summed E-state index contributed by atoms with van der Waals surface area (Å²) in [5, 5.41) is 0. The molecular weight excluding hydrogens is 318 g/mol. The highest BCUT2D eigenvalue weighted by Crippen LogP contribution is 2.29. The molecule has 0 aromatic heterocycles. The van der Waals surface area contributed by atoms with Gasteiger partial charge in [0, 0.05) is 33.7 Å². The summed E-state index contributed by atoms with van der Waals surface area (Å²) in [7, 11) is 7.06. The number of amides is 2. The first kappa shape index (κ1) is 19.2. The van der Waals surface area contributed by atoms with Gasteiger partial charge in [0.15, 0.2) is 0 Å². The number of methoxy groups -OCH3 is 1. The van der Waals surface area contributed by atoms with Gasteiger partial charge in [-0.05, 0) is 38.6 Å². The van der Waals surface area contributed by atoms with Crippen LogP contribution in [0.25, 0.3) is 0 Å². The number of nitrogens with zero attached hydrogens (tertiary/aromatic N) is 3. The van der Waals surface area contributed by atoms with Crippen LogP contribution in [0, 0.1) is 0 Å². The zero-order valence-corrected chi connectivity index (χ0v) is 16.1. The minimum Gasteiger partial charge on any atom is -0.497 e. The van der Waals surface area contributed by atoms with Crippen molar-refractivity contribution in [1.82, 2.24) is 14.7 Å². The molecule has 0 saturated carbocycles. The molecule has 1 fully saturated rings. The van der Waals surface area contributed by atoms with Gasteiger partial charge < -0.3 is 19.4 Å². The summed E-state index contributed by atoms with van der Waals surface area (Å²) >= 11 is 0. The lowest BCUT2D eigenvalue weighted by molar-refractivity contribution is -0.150. The molecule has 0 radical (unpaired) electrons. The maximum absolute atomic E-state index is 13.3. The molecule has 1 heterocycles. The van der Waals surface area contributed by atoms with Gasteiger partial charge in [-0.3, -0.25) is 9.59 Å². The van der Waals surface area contributed by atoms with Crippen LogP contribution in [-0.4, -0.2) is 80.4 Å². The molecule has 138 valence electrons. The highest BCUT2D eigenvalue weighted by atomic mass is 16.5. The van der Waals surface area contributed by atoms with Gasteiger partial charge in [-0.25, -0.2) is 0 Å². The van der Waals surface area contributed by atoms with Crippen LogP contribution < -0.4 is 4.74 Å². The minimum absolute atomic E-state index is 0.0223. The van der Waals surface area contributed by atoms with Crippen LogP contribution in [0.3, 0.4) is 0 Å². The fourth-order valence-corrected chi connectivity index (χ4v) is 3.16. The van der Waals surface area contributed by atoms with E-state index in [-0.39, 0.29) is 11.8 Å². The molecule has 6 heteroatoms. The Morgan fingerprint density at radius 3 is 2.28 bits per heavy atom. The van der Waals surface area contributed by atoms with Crippen molar-refractivity contribution in [2.75, 3.05) is 47.9 Å². The second-order valence-corrected chi connectivity index (χ2v) is 7.36. The van der Waals surface area contributed by atoms with Gasteiger partial charge in [-0.1, -0.05) is 12.1 Å². The van der Waals surface area contributed by atoms with E-state index in [1.54, 1.807) is 31.0 Å². The zero-order chi connectivity index (χ0) is 18.8. The Balaban J connectivity index is 2.29. The first-order valence-corrected chi connectivity index (χ1v) is 8.53. The van der Waals surface area contributed by atoms with E-state index in [2.05, 4.69) is 4.90 Å². The molecule has 0 aliphatic carbocycles. The summed E-state index contributed by atoms with van der Waals surface area (Å²) < 4.78 is 5.19. The summed E-state index contributed by atoms with van der Waals surface area (Å²) in [6.45, 7) is 5.70. The normalized spacial score (nSPS) is 18.8.